The van der Waals surface area contributed by atoms with Gasteiger partial charge in [0.05, 0.1) is 0 Å². The second-order valence-corrected chi connectivity index (χ2v) is 5.87. The smallest absolute Gasteiger partial charge is 0.331 e. The predicted molar refractivity (Wildman–Crippen MR) is 80.3 cm³/mol. The number of carbonyl (C=O) groups excluding carboxylic acids is 1. The van der Waals surface area contributed by atoms with Crippen LogP contribution in [-0.4, -0.2) is 23.7 Å². The zero-order valence-corrected chi connectivity index (χ0v) is 12.6. The van der Waals surface area contributed by atoms with E-state index in [9.17, 15) is 14.7 Å². The summed E-state index contributed by atoms with van der Waals surface area (Å²) in [6.07, 6.45) is 2.42. The summed E-state index contributed by atoms with van der Waals surface area (Å²) in [5.74, 6) is -0.0445. The van der Waals surface area contributed by atoms with E-state index in [-0.39, 0.29) is 0 Å². The lowest BCUT2D eigenvalue weighted by Gasteiger charge is -2.18. The quantitative estimate of drug-likeness (QED) is 0.756. The van der Waals surface area contributed by atoms with E-state index in [0.29, 0.717) is 29.0 Å². The third-order valence-corrected chi connectivity index (χ3v) is 4.09. The Morgan fingerprint density at radius 3 is 2.62 bits per heavy atom. The molecule has 0 aromatic heterocycles. The van der Waals surface area contributed by atoms with Gasteiger partial charge in [0.1, 0.15) is 0 Å². The molecule has 21 heavy (non-hydrogen) atoms. The number of benzene rings is 1. The number of urea groups is 1. The van der Waals surface area contributed by atoms with Crippen LogP contribution in [0.5, 0.6) is 0 Å². The van der Waals surface area contributed by atoms with Crippen LogP contribution >= 0.6 is 11.6 Å². The molecular weight excluding hydrogens is 292 g/mol. The standard InChI is InChI=1S/C15H19ClN2O3/c1-9(10-6-7-10)8-17-15(21)18-13(14(19)20)11-4-2-3-5-12(11)16/h2-5,9-10,13H,6-8H2,1H3,(H,19,20)(H2,17,18,21)/t9?,13-/m1/s1. The second kappa shape index (κ2) is 6.80. The SMILES string of the molecule is CC(CNC(=O)N[C@@H](C(=O)O)c1ccccc1Cl)C1CC1. The lowest BCUT2D eigenvalue weighted by Crippen LogP contribution is -2.42. The Labute approximate surface area is 128 Å². The van der Waals surface area contributed by atoms with Crippen LogP contribution in [0.15, 0.2) is 24.3 Å². The third-order valence-electron chi connectivity index (χ3n) is 3.75. The van der Waals surface area contributed by atoms with Crippen LogP contribution in [-0.2, 0) is 4.79 Å². The summed E-state index contributed by atoms with van der Waals surface area (Å²) in [6, 6.07) is 4.94. The van der Waals surface area contributed by atoms with Crippen LogP contribution in [0.3, 0.4) is 0 Å². The van der Waals surface area contributed by atoms with Crippen molar-refractivity contribution in [2.24, 2.45) is 11.8 Å². The highest BCUT2D eigenvalue weighted by atomic mass is 35.5. The molecule has 0 spiro atoms. The summed E-state index contributed by atoms with van der Waals surface area (Å²) in [7, 11) is 0. The Morgan fingerprint density at radius 1 is 1.38 bits per heavy atom. The van der Waals surface area contributed by atoms with Gasteiger partial charge in [-0.05, 0) is 30.7 Å². The number of hydrogen-bond donors (Lipinski definition) is 3. The van der Waals surface area contributed by atoms with Crippen LogP contribution in [0.4, 0.5) is 4.79 Å². The number of nitrogens with one attached hydrogen (secondary N) is 2. The fourth-order valence-electron chi connectivity index (χ4n) is 2.25. The average molecular weight is 311 g/mol. The molecule has 2 atom stereocenters. The van der Waals surface area contributed by atoms with E-state index in [1.54, 1.807) is 24.3 Å². The molecule has 0 radical (unpaired) electrons. The number of carbonyl (C=O) groups is 2. The van der Waals surface area contributed by atoms with Gasteiger partial charge in [-0.3, -0.25) is 0 Å². The Hall–Kier alpha value is -1.75. The molecule has 2 rings (SSSR count). The molecule has 1 aromatic carbocycles. The number of halogens is 1. The van der Waals surface area contributed by atoms with Gasteiger partial charge in [0.15, 0.2) is 6.04 Å². The Balaban J connectivity index is 1.94. The minimum absolute atomic E-state index is 0.316. The summed E-state index contributed by atoms with van der Waals surface area (Å²) in [5, 5.41) is 14.8. The fourth-order valence-corrected chi connectivity index (χ4v) is 2.49. The first-order chi connectivity index (χ1) is 9.99. The maximum absolute atomic E-state index is 11.9. The van der Waals surface area contributed by atoms with Gasteiger partial charge < -0.3 is 15.7 Å². The van der Waals surface area contributed by atoms with Gasteiger partial charge in [0.25, 0.3) is 0 Å². The molecule has 1 unspecified atom stereocenters. The molecule has 1 saturated carbocycles. The van der Waals surface area contributed by atoms with Crippen molar-refractivity contribution in [3.05, 3.63) is 34.9 Å². The normalized spacial score (nSPS) is 16.9. The van der Waals surface area contributed by atoms with Crippen molar-refractivity contribution in [1.29, 1.82) is 0 Å². The highest BCUT2D eigenvalue weighted by Gasteiger charge is 2.28. The topological polar surface area (TPSA) is 78.4 Å². The number of carboxylic acid groups (broad SMARTS) is 1. The molecule has 1 aliphatic rings. The van der Waals surface area contributed by atoms with Gasteiger partial charge in [0.2, 0.25) is 0 Å². The van der Waals surface area contributed by atoms with Crippen molar-refractivity contribution >= 4 is 23.6 Å². The highest BCUT2D eigenvalue weighted by molar-refractivity contribution is 6.31. The zero-order chi connectivity index (χ0) is 15.4. The number of hydrogen-bond acceptors (Lipinski definition) is 2. The van der Waals surface area contributed by atoms with Crippen LogP contribution in [0.1, 0.15) is 31.4 Å². The molecule has 3 N–H and O–H groups in total. The first-order valence-electron chi connectivity index (χ1n) is 7.00. The molecule has 0 bridgehead atoms. The van der Waals surface area contributed by atoms with Crippen molar-refractivity contribution < 1.29 is 14.7 Å². The predicted octanol–water partition coefficient (Wildman–Crippen LogP) is 2.81. The summed E-state index contributed by atoms with van der Waals surface area (Å²) in [6.45, 7) is 2.63. The molecule has 2 amide bonds. The maximum atomic E-state index is 11.9. The van der Waals surface area contributed by atoms with Crippen molar-refractivity contribution in [2.45, 2.75) is 25.8 Å². The molecule has 114 valence electrons. The van der Waals surface area contributed by atoms with Crippen LogP contribution in [0.2, 0.25) is 5.02 Å². The molecule has 1 fully saturated rings. The summed E-state index contributed by atoms with van der Waals surface area (Å²) >= 11 is 5.99. The van der Waals surface area contributed by atoms with Gasteiger partial charge in [-0.2, -0.15) is 0 Å². The minimum Gasteiger partial charge on any atom is -0.479 e. The first kappa shape index (κ1) is 15.6. The Bertz CT molecular complexity index is 531. The Kier molecular flexibility index (Phi) is 5.07. The third kappa shape index (κ3) is 4.36. The molecule has 1 aromatic rings. The largest absolute Gasteiger partial charge is 0.479 e. The zero-order valence-electron chi connectivity index (χ0n) is 11.8. The number of aliphatic carboxylic acids is 1. The van der Waals surface area contributed by atoms with Gasteiger partial charge in [-0.25, -0.2) is 9.59 Å². The number of amides is 2. The molecule has 0 aliphatic heterocycles. The van der Waals surface area contributed by atoms with E-state index >= 15 is 0 Å². The van der Waals surface area contributed by atoms with Crippen LogP contribution in [0.25, 0.3) is 0 Å². The second-order valence-electron chi connectivity index (χ2n) is 5.46. The van der Waals surface area contributed by atoms with Gasteiger partial charge in [-0.1, -0.05) is 36.7 Å². The molecule has 5 nitrogen and oxygen atoms in total. The van der Waals surface area contributed by atoms with Crippen LogP contribution in [0, 0.1) is 11.8 Å². The lowest BCUT2D eigenvalue weighted by molar-refractivity contribution is -0.139. The highest BCUT2D eigenvalue weighted by Crippen LogP contribution is 2.36. The number of carboxylic acids is 1. The van der Waals surface area contributed by atoms with E-state index < -0.39 is 18.0 Å². The minimum atomic E-state index is -1.16. The summed E-state index contributed by atoms with van der Waals surface area (Å²) < 4.78 is 0. The first-order valence-corrected chi connectivity index (χ1v) is 7.38. The van der Waals surface area contributed by atoms with Gasteiger partial charge >= 0.3 is 12.0 Å². The van der Waals surface area contributed by atoms with E-state index in [0.717, 1.165) is 0 Å². The molecule has 0 saturated heterocycles. The Morgan fingerprint density at radius 2 is 2.05 bits per heavy atom. The van der Waals surface area contributed by atoms with Gasteiger partial charge in [-0.15, -0.1) is 0 Å². The molecular formula is C15H19ClN2O3. The average Bonchev–Trinajstić information content (AvgIpc) is 3.27. The fraction of sp³-hybridized carbons (Fsp3) is 0.467. The van der Waals surface area contributed by atoms with Crippen LogP contribution < -0.4 is 10.6 Å². The molecule has 6 heteroatoms. The summed E-state index contributed by atoms with van der Waals surface area (Å²) in [4.78, 5) is 23.2. The molecule has 0 heterocycles. The summed E-state index contributed by atoms with van der Waals surface area (Å²) in [5.41, 5.74) is 0.372. The van der Waals surface area contributed by atoms with Crippen molar-refractivity contribution in [2.75, 3.05) is 6.54 Å². The van der Waals surface area contributed by atoms with E-state index in [2.05, 4.69) is 17.6 Å². The van der Waals surface area contributed by atoms with Crippen molar-refractivity contribution in [1.82, 2.24) is 10.6 Å². The lowest BCUT2D eigenvalue weighted by atomic mass is 10.1. The molecule has 1 aliphatic carbocycles. The van der Waals surface area contributed by atoms with E-state index in [1.807, 2.05) is 0 Å². The van der Waals surface area contributed by atoms with Gasteiger partial charge in [0, 0.05) is 17.1 Å². The van der Waals surface area contributed by atoms with E-state index in [4.69, 9.17) is 11.6 Å². The number of rotatable bonds is 6. The monoisotopic (exact) mass is 310 g/mol. The van der Waals surface area contributed by atoms with E-state index in [1.165, 1.54) is 12.8 Å². The van der Waals surface area contributed by atoms with Crippen molar-refractivity contribution in [3.8, 4) is 0 Å². The maximum Gasteiger partial charge on any atom is 0.331 e. The van der Waals surface area contributed by atoms with Crippen molar-refractivity contribution in [3.63, 3.8) is 0 Å².